The first-order valence-electron chi connectivity index (χ1n) is 7.02. The van der Waals surface area contributed by atoms with E-state index in [-0.39, 0.29) is 11.4 Å². The van der Waals surface area contributed by atoms with Crippen molar-refractivity contribution in [3.63, 3.8) is 0 Å². The molecule has 114 valence electrons. The van der Waals surface area contributed by atoms with Crippen molar-refractivity contribution < 1.29 is 9.72 Å². The number of nitro groups is 1. The van der Waals surface area contributed by atoms with Crippen molar-refractivity contribution in [3.8, 4) is 0 Å². The third kappa shape index (κ3) is 3.66. The highest BCUT2D eigenvalue weighted by atomic mass is 16.6. The van der Waals surface area contributed by atoms with Gasteiger partial charge >= 0.3 is 5.69 Å². The number of aromatic amines is 1. The lowest BCUT2D eigenvalue weighted by Gasteiger charge is -2.14. The Morgan fingerprint density at radius 3 is 3.00 bits per heavy atom. The molecule has 0 aromatic carbocycles. The molecular formula is C13H19N5O3. The van der Waals surface area contributed by atoms with E-state index in [4.69, 9.17) is 0 Å². The normalized spacial score (nSPS) is 14.6. The molecule has 0 saturated carbocycles. The topological polar surface area (TPSA) is 113 Å². The molecule has 8 nitrogen and oxygen atoms in total. The molecule has 0 aliphatic carbocycles. The number of carbonyl (C=O) groups excluding carboxylic acids is 1. The first kappa shape index (κ1) is 15.2. The van der Waals surface area contributed by atoms with Crippen LogP contribution in [0.3, 0.4) is 0 Å². The van der Waals surface area contributed by atoms with Crippen LogP contribution in [0.4, 0.5) is 5.69 Å². The Hall–Kier alpha value is -2.22. The predicted octanol–water partition coefficient (Wildman–Crippen LogP) is 0.920. The number of H-pyrrole nitrogens is 1. The number of rotatable bonds is 6. The minimum Gasteiger partial charge on any atom is -0.347 e. The molecule has 0 bridgehead atoms. The Labute approximate surface area is 122 Å². The zero-order valence-electron chi connectivity index (χ0n) is 11.9. The van der Waals surface area contributed by atoms with Crippen molar-refractivity contribution >= 4 is 11.6 Å². The fraction of sp³-hybridized carbons (Fsp3) is 0.538. The summed E-state index contributed by atoms with van der Waals surface area (Å²) in [6, 6.07) is 0. The van der Waals surface area contributed by atoms with Gasteiger partial charge in [0.25, 0.3) is 5.91 Å². The van der Waals surface area contributed by atoms with Gasteiger partial charge in [0.05, 0.1) is 4.92 Å². The molecule has 2 heterocycles. The molecule has 1 aliphatic heterocycles. The van der Waals surface area contributed by atoms with Crippen LogP contribution in [0.2, 0.25) is 0 Å². The van der Waals surface area contributed by atoms with Crippen LogP contribution in [-0.4, -0.2) is 40.7 Å². The average molecular weight is 293 g/mol. The number of carbonyl (C=O) groups is 1. The molecule has 0 radical (unpaired) electrons. The second-order valence-electron chi connectivity index (χ2n) is 4.91. The van der Waals surface area contributed by atoms with Gasteiger partial charge in [0.2, 0.25) is 5.69 Å². The van der Waals surface area contributed by atoms with E-state index in [1.54, 1.807) is 0 Å². The smallest absolute Gasteiger partial charge is 0.322 e. The molecule has 1 amide bonds. The van der Waals surface area contributed by atoms with Gasteiger partial charge in [0.1, 0.15) is 5.69 Å². The zero-order valence-corrected chi connectivity index (χ0v) is 11.9. The van der Waals surface area contributed by atoms with Crippen molar-refractivity contribution in [2.45, 2.75) is 26.2 Å². The number of nitrogens with zero attached hydrogens (tertiary/aromatic N) is 2. The number of amides is 1. The fourth-order valence-corrected chi connectivity index (χ4v) is 2.26. The first-order valence-corrected chi connectivity index (χ1v) is 7.02. The molecule has 1 aromatic heterocycles. The van der Waals surface area contributed by atoms with Crippen molar-refractivity contribution in [1.29, 1.82) is 0 Å². The average Bonchev–Trinajstić information content (AvgIpc) is 2.90. The SMILES string of the molecule is CCCc1[nH]nc(C(=O)NCC2=CCNCC2)c1[N+](=O)[O-]. The minimum atomic E-state index is -0.548. The van der Waals surface area contributed by atoms with Crippen LogP contribution < -0.4 is 10.6 Å². The van der Waals surface area contributed by atoms with Gasteiger partial charge in [0, 0.05) is 13.1 Å². The van der Waals surface area contributed by atoms with Crippen LogP contribution in [0, 0.1) is 10.1 Å². The molecular weight excluding hydrogens is 274 g/mol. The molecule has 0 atom stereocenters. The number of aromatic nitrogens is 2. The van der Waals surface area contributed by atoms with Crippen LogP contribution in [0.1, 0.15) is 35.9 Å². The highest BCUT2D eigenvalue weighted by molar-refractivity contribution is 5.96. The maximum absolute atomic E-state index is 12.1. The Bertz CT molecular complexity index is 564. The summed E-state index contributed by atoms with van der Waals surface area (Å²) in [5, 5.41) is 23.4. The third-order valence-electron chi connectivity index (χ3n) is 3.34. The van der Waals surface area contributed by atoms with Gasteiger partial charge in [-0.2, -0.15) is 5.10 Å². The van der Waals surface area contributed by atoms with E-state index in [1.165, 1.54) is 0 Å². The van der Waals surface area contributed by atoms with Crippen molar-refractivity contribution in [1.82, 2.24) is 20.8 Å². The van der Waals surface area contributed by atoms with E-state index >= 15 is 0 Å². The van der Waals surface area contributed by atoms with Crippen LogP contribution in [0.15, 0.2) is 11.6 Å². The van der Waals surface area contributed by atoms with E-state index < -0.39 is 10.8 Å². The van der Waals surface area contributed by atoms with Gasteiger partial charge in [-0.05, 0) is 19.4 Å². The second kappa shape index (κ2) is 6.98. The number of nitrogens with one attached hydrogen (secondary N) is 3. The van der Waals surface area contributed by atoms with Gasteiger partial charge in [-0.3, -0.25) is 20.0 Å². The lowest BCUT2D eigenvalue weighted by atomic mass is 10.1. The molecule has 21 heavy (non-hydrogen) atoms. The number of hydrogen-bond donors (Lipinski definition) is 3. The predicted molar refractivity (Wildman–Crippen MR) is 77.1 cm³/mol. The lowest BCUT2D eigenvalue weighted by molar-refractivity contribution is -0.385. The molecule has 3 N–H and O–H groups in total. The van der Waals surface area contributed by atoms with E-state index in [1.807, 2.05) is 13.0 Å². The summed E-state index contributed by atoms with van der Waals surface area (Å²) in [7, 11) is 0. The Kier molecular flexibility index (Phi) is 5.04. The van der Waals surface area contributed by atoms with Crippen LogP contribution in [0.25, 0.3) is 0 Å². The Balaban J connectivity index is 2.08. The number of aryl methyl sites for hydroxylation is 1. The highest BCUT2D eigenvalue weighted by Gasteiger charge is 2.28. The Morgan fingerprint density at radius 2 is 2.38 bits per heavy atom. The molecule has 0 fully saturated rings. The van der Waals surface area contributed by atoms with Gasteiger partial charge < -0.3 is 10.6 Å². The summed E-state index contributed by atoms with van der Waals surface area (Å²) in [6.45, 7) is 3.97. The summed E-state index contributed by atoms with van der Waals surface area (Å²) < 4.78 is 0. The highest BCUT2D eigenvalue weighted by Crippen LogP contribution is 2.22. The molecule has 0 spiro atoms. The molecule has 0 unspecified atom stereocenters. The summed E-state index contributed by atoms with van der Waals surface area (Å²) >= 11 is 0. The monoisotopic (exact) mass is 293 g/mol. The summed E-state index contributed by atoms with van der Waals surface area (Å²) in [4.78, 5) is 22.7. The van der Waals surface area contributed by atoms with Gasteiger partial charge in [-0.15, -0.1) is 0 Å². The molecule has 1 aromatic rings. The van der Waals surface area contributed by atoms with Crippen molar-refractivity contribution in [2.24, 2.45) is 0 Å². The van der Waals surface area contributed by atoms with Gasteiger partial charge in [-0.25, -0.2) is 0 Å². The largest absolute Gasteiger partial charge is 0.347 e. The van der Waals surface area contributed by atoms with Gasteiger partial charge in [0.15, 0.2) is 0 Å². The second-order valence-corrected chi connectivity index (χ2v) is 4.91. The van der Waals surface area contributed by atoms with Gasteiger partial charge in [-0.1, -0.05) is 25.0 Å². The maximum atomic E-state index is 12.1. The van der Waals surface area contributed by atoms with Crippen molar-refractivity contribution in [3.05, 3.63) is 33.2 Å². The van der Waals surface area contributed by atoms with Crippen LogP contribution in [-0.2, 0) is 6.42 Å². The number of hydrogen-bond acceptors (Lipinski definition) is 5. The standard InChI is InChI=1S/C13H19N5O3/c1-2-3-10-12(18(20)21)11(17-16-10)13(19)15-8-9-4-6-14-7-5-9/h4,14H,2-3,5-8H2,1H3,(H,15,19)(H,16,17). The van der Waals surface area contributed by atoms with E-state index in [2.05, 4.69) is 20.8 Å². The van der Waals surface area contributed by atoms with Crippen LogP contribution >= 0.6 is 0 Å². The van der Waals surface area contributed by atoms with E-state index in [9.17, 15) is 14.9 Å². The molecule has 0 saturated heterocycles. The zero-order chi connectivity index (χ0) is 15.2. The van der Waals surface area contributed by atoms with Crippen molar-refractivity contribution in [2.75, 3.05) is 19.6 Å². The minimum absolute atomic E-state index is 0.141. The third-order valence-corrected chi connectivity index (χ3v) is 3.34. The molecule has 2 rings (SSSR count). The summed E-state index contributed by atoms with van der Waals surface area (Å²) in [6.07, 6.45) is 4.12. The quantitative estimate of drug-likeness (QED) is 0.410. The van der Waals surface area contributed by atoms with E-state index in [0.29, 0.717) is 18.7 Å². The Morgan fingerprint density at radius 1 is 1.57 bits per heavy atom. The maximum Gasteiger partial charge on any atom is 0.322 e. The van der Waals surface area contributed by atoms with E-state index in [0.717, 1.165) is 31.5 Å². The molecule has 8 heteroatoms. The summed E-state index contributed by atoms with van der Waals surface area (Å²) in [5.74, 6) is -0.514. The fourth-order valence-electron chi connectivity index (χ4n) is 2.26. The summed E-state index contributed by atoms with van der Waals surface area (Å²) in [5.41, 5.74) is 1.16. The lowest BCUT2D eigenvalue weighted by Crippen LogP contribution is -2.30. The molecule has 1 aliphatic rings. The van der Waals surface area contributed by atoms with Crippen LogP contribution in [0.5, 0.6) is 0 Å². The first-order chi connectivity index (χ1) is 10.1.